The van der Waals surface area contributed by atoms with Gasteiger partial charge in [-0.3, -0.25) is 14.4 Å². The molecule has 0 saturated carbocycles. The van der Waals surface area contributed by atoms with Gasteiger partial charge in [0.15, 0.2) is 0 Å². The minimum atomic E-state index is -0.198. The maximum absolute atomic E-state index is 12.8. The van der Waals surface area contributed by atoms with E-state index in [9.17, 15) is 14.4 Å². The van der Waals surface area contributed by atoms with Gasteiger partial charge in [0.25, 0.3) is 5.91 Å². The molecule has 7 heteroatoms. The highest BCUT2D eigenvalue weighted by molar-refractivity contribution is 5.93. The summed E-state index contributed by atoms with van der Waals surface area (Å²) in [6.07, 6.45) is 38.9. The molecule has 0 aliphatic heterocycles. The van der Waals surface area contributed by atoms with E-state index in [2.05, 4.69) is 49.8 Å². The van der Waals surface area contributed by atoms with Gasteiger partial charge < -0.3 is 19.7 Å². The van der Waals surface area contributed by atoms with Crippen molar-refractivity contribution < 1.29 is 23.9 Å². The Labute approximate surface area is 360 Å². The molecule has 0 aliphatic carbocycles. The predicted octanol–water partition coefficient (Wildman–Crippen LogP) is 13.8. The summed E-state index contributed by atoms with van der Waals surface area (Å²) in [6.45, 7) is 15.0. The molecule has 0 aromatic rings. The lowest BCUT2D eigenvalue weighted by Gasteiger charge is -2.22. The predicted molar refractivity (Wildman–Crippen MR) is 247 cm³/mol. The van der Waals surface area contributed by atoms with Crippen molar-refractivity contribution in [2.45, 2.75) is 259 Å². The highest BCUT2D eigenvalue weighted by Crippen LogP contribution is 2.21. The van der Waals surface area contributed by atoms with Crippen LogP contribution in [0.2, 0.25) is 0 Å². The molecule has 0 aliphatic rings. The Morgan fingerprint density at radius 2 is 0.948 bits per heavy atom. The number of hydrogen-bond donors (Lipinski definition) is 1. The zero-order chi connectivity index (χ0) is 42.6. The summed E-state index contributed by atoms with van der Waals surface area (Å²) in [5.74, 6) is 5.70. The van der Waals surface area contributed by atoms with Crippen molar-refractivity contribution in [3.63, 3.8) is 0 Å². The summed E-state index contributed by atoms with van der Waals surface area (Å²) < 4.78 is 11.7. The summed E-state index contributed by atoms with van der Waals surface area (Å²) >= 11 is 0. The van der Waals surface area contributed by atoms with Gasteiger partial charge in [-0.15, -0.1) is 0 Å². The molecule has 58 heavy (non-hydrogen) atoms. The van der Waals surface area contributed by atoms with Gasteiger partial charge in [-0.2, -0.15) is 0 Å². The number of nitrogens with zero attached hydrogens (tertiary/aromatic N) is 1. The van der Waals surface area contributed by atoms with E-state index in [0.29, 0.717) is 31.9 Å². The second-order valence-electron chi connectivity index (χ2n) is 17.2. The minimum Gasteiger partial charge on any atom is -0.466 e. The SMILES string of the molecule is CC#CC(=O)NCCCN(CCCCCCCC(=O)OCCC(CCCC)CCCC)CCCCCCCC(=O)OC(CCCCCCCC)CCCCCCCC. The Morgan fingerprint density at radius 1 is 0.500 bits per heavy atom. The van der Waals surface area contributed by atoms with Crippen molar-refractivity contribution in [1.29, 1.82) is 0 Å². The topological polar surface area (TPSA) is 84.9 Å². The Bertz CT molecular complexity index is 967. The normalized spacial score (nSPS) is 11.3. The minimum absolute atomic E-state index is 0.00843. The molecule has 0 aromatic carbocycles. The van der Waals surface area contributed by atoms with Crippen LogP contribution in [-0.2, 0) is 23.9 Å². The lowest BCUT2D eigenvalue weighted by atomic mass is 9.93. The van der Waals surface area contributed by atoms with Crippen LogP contribution in [0.3, 0.4) is 0 Å². The van der Waals surface area contributed by atoms with Crippen LogP contribution in [0, 0.1) is 17.8 Å². The van der Waals surface area contributed by atoms with Gasteiger partial charge in [0.2, 0.25) is 0 Å². The van der Waals surface area contributed by atoms with E-state index in [1.54, 1.807) is 6.92 Å². The second kappa shape index (κ2) is 44.5. The molecule has 0 rings (SSSR count). The molecule has 0 heterocycles. The molecule has 0 radical (unpaired) electrons. The smallest absolute Gasteiger partial charge is 0.306 e. The van der Waals surface area contributed by atoms with E-state index in [0.717, 1.165) is 96.7 Å². The number of carbonyl (C=O) groups is 3. The van der Waals surface area contributed by atoms with Gasteiger partial charge >= 0.3 is 11.9 Å². The van der Waals surface area contributed by atoms with Gasteiger partial charge in [0.05, 0.1) is 6.61 Å². The van der Waals surface area contributed by atoms with E-state index in [1.165, 1.54) is 128 Å². The van der Waals surface area contributed by atoms with Crippen LogP contribution < -0.4 is 5.32 Å². The molecule has 0 fully saturated rings. The van der Waals surface area contributed by atoms with Gasteiger partial charge in [-0.1, -0.05) is 175 Å². The average Bonchev–Trinajstić information content (AvgIpc) is 3.21. The summed E-state index contributed by atoms with van der Waals surface area (Å²) in [5.41, 5.74) is 0. The van der Waals surface area contributed by atoms with Crippen LogP contribution in [-0.4, -0.2) is 61.6 Å². The van der Waals surface area contributed by atoms with Crippen molar-refractivity contribution in [2.75, 3.05) is 32.8 Å². The van der Waals surface area contributed by atoms with Gasteiger partial charge in [-0.05, 0) is 103 Å². The van der Waals surface area contributed by atoms with Crippen molar-refractivity contribution in [2.24, 2.45) is 5.92 Å². The van der Waals surface area contributed by atoms with Gasteiger partial charge in [-0.25, -0.2) is 0 Å². The average molecular weight is 817 g/mol. The molecular formula is C51H96N2O5. The zero-order valence-corrected chi connectivity index (χ0v) is 39.2. The standard InChI is InChI=1S/C51H96N2O5/c1-6-11-15-17-21-27-37-48(38-28-22-18-16-12-7-2)58-51(56)40-30-24-20-26-32-44-53(45-33-42-52-49(54)34-10-5)43-31-25-19-23-29-39-50(55)57-46-41-47(35-13-8-3)36-14-9-4/h47-48H,6-9,11-33,35-46H2,1-5H3,(H,52,54). The summed E-state index contributed by atoms with van der Waals surface area (Å²) in [5, 5.41) is 2.91. The Morgan fingerprint density at radius 3 is 1.47 bits per heavy atom. The zero-order valence-electron chi connectivity index (χ0n) is 39.2. The van der Waals surface area contributed by atoms with Gasteiger partial charge in [0.1, 0.15) is 6.10 Å². The Balaban J connectivity index is 4.45. The first kappa shape index (κ1) is 55.9. The molecule has 0 spiro atoms. The maximum atomic E-state index is 12.8. The lowest BCUT2D eigenvalue weighted by molar-refractivity contribution is -0.150. The highest BCUT2D eigenvalue weighted by atomic mass is 16.5. The van der Waals surface area contributed by atoms with E-state index < -0.39 is 0 Å². The molecule has 0 unspecified atom stereocenters. The third kappa shape index (κ3) is 39.4. The molecule has 0 atom stereocenters. The van der Waals surface area contributed by atoms with Crippen molar-refractivity contribution >= 4 is 17.8 Å². The molecule has 1 amide bonds. The van der Waals surface area contributed by atoms with Crippen LogP contribution in [0.5, 0.6) is 0 Å². The monoisotopic (exact) mass is 817 g/mol. The Kier molecular flexibility index (Phi) is 42.9. The van der Waals surface area contributed by atoms with Crippen LogP contribution in [0.25, 0.3) is 0 Å². The van der Waals surface area contributed by atoms with Gasteiger partial charge in [0, 0.05) is 19.4 Å². The third-order valence-corrected chi connectivity index (χ3v) is 11.7. The molecule has 0 saturated heterocycles. The van der Waals surface area contributed by atoms with Crippen LogP contribution in [0.15, 0.2) is 0 Å². The summed E-state index contributed by atoms with van der Waals surface area (Å²) in [7, 11) is 0. The molecule has 7 nitrogen and oxygen atoms in total. The first-order valence-electron chi connectivity index (χ1n) is 25.2. The Hall–Kier alpha value is -2.07. The number of hydrogen-bond acceptors (Lipinski definition) is 6. The molecule has 0 aromatic heterocycles. The van der Waals surface area contributed by atoms with Crippen molar-refractivity contribution in [1.82, 2.24) is 10.2 Å². The van der Waals surface area contributed by atoms with E-state index in [-0.39, 0.29) is 23.9 Å². The number of nitrogens with one attached hydrogen (secondary N) is 1. The van der Waals surface area contributed by atoms with E-state index in [1.807, 2.05) is 0 Å². The third-order valence-electron chi connectivity index (χ3n) is 11.7. The summed E-state index contributed by atoms with van der Waals surface area (Å²) in [6, 6.07) is 0. The van der Waals surface area contributed by atoms with E-state index >= 15 is 0 Å². The largest absolute Gasteiger partial charge is 0.466 e. The summed E-state index contributed by atoms with van der Waals surface area (Å²) in [4.78, 5) is 39.5. The number of esters is 2. The maximum Gasteiger partial charge on any atom is 0.306 e. The first-order chi connectivity index (χ1) is 28.4. The number of carbonyl (C=O) groups excluding carboxylic acids is 3. The fourth-order valence-corrected chi connectivity index (χ4v) is 7.91. The van der Waals surface area contributed by atoms with Crippen molar-refractivity contribution in [3.8, 4) is 11.8 Å². The fraction of sp³-hybridized carbons (Fsp3) is 0.902. The number of amides is 1. The number of unbranched alkanes of at least 4 members (excludes halogenated alkanes) is 20. The van der Waals surface area contributed by atoms with Crippen LogP contribution in [0.1, 0.15) is 253 Å². The lowest BCUT2D eigenvalue weighted by Crippen LogP contribution is -2.31. The highest BCUT2D eigenvalue weighted by Gasteiger charge is 2.15. The molecule has 340 valence electrons. The molecular weight excluding hydrogens is 721 g/mol. The number of ether oxygens (including phenoxy) is 2. The van der Waals surface area contributed by atoms with Crippen LogP contribution >= 0.6 is 0 Å². The van der Waals surface area contributed by atoms with E-state index in [4.69, 9.17) is 9.47 Å². The quantitative estimate of drug-likeness (QED) is 0.0374. The molecule has 1 N–H and O–H groups in total. The number of rotatable bonds is 44. The second-order valence-corrected chi connectivity index (χ2v) is 17.2. The molecule has 0 bridgehead atoms. The van der Waals surface area contributed by atoms with Crippen molar-refractivity contribution in [3.05, 3.63) is 0 Å². The first-order valence-corrected chi connectivity index (χ1v) is 25.2. The fourth-order valence-electron chi connectivity index (χ4n) is 7.91. The van der Waals surface area contributed by atoms with Crippen LogP contribution in [0.4, 0.5) is 0 Å².